The van der Waals surface area contributed by atoms with Crippen molar-refractivity contribution < 1.29 is 9.90 Å². The first-order valence-electron chi connectivity index (χ1n) is 4.97. The fraction of sp³-hybridized carbons (Fsp3) is 0.273. The fourth-order valence-electron chi connectivity index (χ4n) is 1.41. The summed E-state index contributed by atoms with van der Waals surface area (Å²) in [4.78, 5) is 14.7. The third-order valence-electron chi connectivity index (χ3n) is 2.22. The second-order valence-electron chi connectivity index (χ2n) is 3.61. The molecular formula is C11H11N3O2. The molecule has 0 saturated carbocycles. The van der Waals surface area contributed by atoms with Crippen LogP contribution in [0.15, 0.2) is 18.2 Å². The summed E-state index contributed by atoms with van der Waals surface area (Å²) in [6, 6.07) is 5.71. The van der Waals surface area contributed by atoms with Crippen LogP contribution in [-0.2, 0) is 11.2 Å². The molecule has 0 spiro atoms. The van der Waals surface area contributed by atoms with Crippen molar-refractivity contribution in [1.82, 2.24) is 15.2 Å². The van der Waals surface area contributed by atoms with Crippen LogP contribution in [0.4, 0.5) is 0 Å². The molecule has 1 N–H and O–H groups in total. The molecule has 16 heavy (non-hydrogen) atoms. The van der Waals surface area contributed by atoms with Crippen molar-refractivity contribution in [2.24, 2.45) is 0 Å². The SMILES string of the molecule is Cc1ccc2nc(CCC(=O)O)nnc2c1. The summed E-state index contributed by atoms with van der Waals surface area (Å²) in [6.07, 6.45) is 0.338. The summed E-state index contributed by atoms with van der Waals surface area (Å²) >= 11 is 0. The lowest BCUT2D eigenvalue weighted by Gasteiger charge is -2.00. The van der Waals surface area contributed by atoms with Gasteiger partial charge in [0, 0.05) is 6.42 Å². The Morgan fingerprint density at radius 3 is 2.88 bits per heavy atom. The monoisotopic (exact) mass is 217 g/mol. The predicted molar refractivity (Wildman–Crippen MR) is 58.0 cm³/mol. The van der Waals surface area contributed by atoms with Crippen LogP contribution in [0.25, 0.3) is 11.0 Å². The Balaban J connectivity index is 2.30. The molecule has 1 heterocycles. The maximum Gasteiger partial charge on any atom is 0.303 e. The van der Waals surface area contributed by atoms with Crippen LogP contribution in [0.3, 0.4) is 0 Å². The summed E-state index contributed by atoms with van der Waals surface area (Å²) in [5.41, 5.74) is 2.59. The first kappa shape index (κ1) is 10.5. The number of carbonyl (C=O) groups is 1. The molecule has 0 unspecified atom stereocenters. The highest BCUT2D eigenvalue weighted by molar-refractivity contribution is 5.74. The number of aromatic nitrogens is 3. The molecule has 0 amide bonds. The second kappa shape index (κ2) is 4.22. The first-order chi connectivity index (χ1) is 7.65. The van der Waals surface area contributed by atoms with Crippen molar-refractivity contribution in [3.8, 4) is 0 Å². The molecular weight excluding hydrogens is 206 g/mol. The van der Waals surface area contributed by atoms with E-state index in [4.69, 9.17) is 5.11 Å². The van der Waals surface area contributed by atoms with E-state index < -0.39 is 5.97 Å². The molecule has 0 aliphatic heterocycles. The molecule has 5 nitrogen and oxygen atoms in total. The highest BCUT2D eigenvalue weighted by Gasteiger charge is 2.04. The minimum absolute atomic E-state index is 0.0268. The molecule has 1 aromatic heterocycles. The zero-order valence-electron chi connectivity index (χ0n) is 8.84. The number of carboxylic acid groups (broad SMARTS) is 1. The number of aryl methyl sites for hydroxylation is 2. The Bertz CT molecular complexity index is 540. The van der Waals surface area contributed by atoms with E-state index in [1.807, 2.05) is 25.1 Å². The normalized spacial score (nSPS) is 10.6. The molecule has 82 valence electrons. The summed E-state index contributed by atoms with van der Waals surface area (Å²) in [7, 11) is 0. The number of carboxylic acids is 1. The number of hydrogen-bond acceptors (Lipinski definition) is 4. The highest BCUT2D eigenvalue weighted by atomic mass is 16.4. The van der Waals surface area contributed by atoms with Crippen LogP contribution >= 0.6 is 0 Å². The van der Waals surface area contributed by atoms with Gasteiger partial charge in [-0.15, -0.1) is 10.2 Å². The van der Waals surface area contributed by atoms with Crippen LogP contribution < -0.4 is 0 Å². The van der Waals surface area contributed by atoms with Crippen molar-refractivity contribution in [2.75, 3.05) is 0 Å². The average molecular weight is 217 g/mol. The first-order valence-corrected chi connectivity index (χ1v) is 4.97. The number of nitrogens with zero attached hydrogens (tertiary/aromatic N) is 3. The van der Waals surface area contributed by atoms with E-state index >= 15 is 0 Å². The third-order valence-corrected chi connectivity index (χ3v) is 2.22. The molecule has 0 bridgehead atoms. The van der Waals surface area contributed by atoms with Gasteiger partial charge >= 0.3 is 5.97 Å². The van der Waals surface area contributed by atoms with Crippen molar-refractivity contribution in [1.29, 1.82) is 0 Å². The molecule has 0 atom stereocenters. The number of aliphatic carboxylic acids is 1. The Morgan fingerprint density at radius 2 is 2.12 bits per heavy atom. The van der Waals surface area contributed by atoms with Gasteiger partial charge in [0.05, 0.1) is 11.9 Å². The van der Waals surface area contributed by atoms with Crippen molar-refractivity contribution in [2.45, 2.75) is 19.8 Å². The van der Waals surface area contributed by atoms with Crippen molar-refractivity contribution >= 4 is 17.0 Å². The minimum atomic E-state index is -0.854. The van der Waals surface area contributed by atoms with Gasteiger partial charge in [0.2, 0.25) is 0 Å². The lowest BCUT2D eigenvalue weighted by atomic mass is 10.2. The van der Waals surface area contributed by atoms with Gasteiger partial charge in [-0.1, -0.05) is 6.07 Å². The maximum atomic E-state index is 10.4. The van der Waals surface area contributed by atoms with Gasteiger partial charge in [0.15, 0.2) is 5.82 Å². The van der Waals surface area contributed by atoms with Crippen LogP contribution in [0.5, 0.6) is 0 Å². The van der Waals surface area contributed by atoms with E-state index in [0.29, 0.717) is 12.2 Å². The smallest absolute Gasteiger partial charge is 0.303 e. The van der Waals surface area contributed by atoms with Gasteiger partial charge in [0.25, 0.3) is 0 Å². The molecule has 2 rings (SSSR count). The lowest BCUT2D eigenvalue weighted by molar-refractivity contribution is -0.137. The van der Waals surface area contributed by atoms with Gasteiger partial charge in [0.1, 0.15) is 5.52 Å². The van der Waals surface area contributed by atoms with Gasteiger partial charge in [-0.05, 0) is 24.6 Å². The van der Waals surface area contributed by atoms with Crippen LogP contribution in [0.2, 0.25) is 0 Å². The minimum Gasteiger partial charge on any atom is -0.481 e. The number of rotatable bonds is 3. The number of hydrogen-bond donors (Lipinski definition) is 1. The Labute approximate surface area is 92.2 Å². The Morgan fingerprint density at radius 1 is 1.31 bits per heavy atom. The van der Waals surface area contributed by atoms with E-state index in [1.54, 1.807) is 0 Å². The van der Waals surface area contributed by atoms with Gasteiger partial charge < -0.3 is 5.11 Å². The summed E-state index contributed by atoms with van der Waals surface area (Å²) in [5, 5.41) is 16.5. The molecule has 0 fully saturated rings. The molecule has 5 heteroatoms. The van der Waals surface area contributed by atoms with Gasteiger partial charge in [-0.2, -0.15) is 0 Å². The number of fused-ring (bicyclic) bond motifs is 1. The van der Waals surface area contributed by atoms with E-state index in [0.717, 1.165) is 16.6 Å². The zero-order valence-corrected chi connectivity index (χ0v) is 8.84. The standard InChI is InChI=1S/C11H11N3O2/c1-7-2-3-8-9(6-7)13-14-10(12-8)4-5-11(15)16/h2-3,6H,4-5H2,1H3,(H,15,16). The van der Waals surface area contributed by atoms with Gasteiger partial charge in [-0.25, -0.2) is 4.98 Å². The zero-order chi connectivity index (χ0) is 11.5. The predicted octanol–water partition coefficient (Wildman–Crippen LogP) is 1.35. The Kier molecular flexibility index (Phi) is 2.76. The third kappa shape index (κ3) is 2.31. The summed E-state index contributed by atoms with van der Waals surface area (Å²) in [6.45, 7) is 1.97. The average Bonchev–Trinajstić information content (AvgIpc) is 2.26. The second-order valence-corrected chi connectivity index (χ2v) is 3.61. The van der Waals surface area contributed by atoms with E-state index in [1.165, 1.54) is 0 Å². The molecule has 1 aromatic carbocycles. The quantitative estimate of drug-likeness (QED) is 0.839. The van der Waals surface area contributed by atoms with E-state index in [-0.39, 0.29) is 6.42 Å². The van der Waals surface area contributed by atoms with Crippen molar-refractivity contribution in [3.05, 3.63) is 29.6 Å². The van der Waals surface area contributed by atoms with E-state index in [2.05, 4.69) is 15.2 Å². The van der Waals surface area contributed by atoms with Crippen LogP contribution in [-0.4, -0.2) is 26.3 Å². The van der Waals surface area contributed by atoms with E-state index in [9.17, 15) is 4.79 Å². The van der Waals surface area contributed by atoms with Crippen molar-refractivity contribution in [3.63, 3.8) is 0 Å². The fourth-order valence-corrected chi connectivity index (χ4v) is 1.41. The Hall–Kier alpha value is -2.04. The van der Waals surface area contributed by atoms with Crippen LogP contribution in [0.1, 0.15) is 17.8 Å². The highest BCUT2D eigenvalue weighted by Crippen LogP contribution is 2.10. The van der Waals surface area contributed by atoms with Gasteiger partial charge in [-0.3, -0.25) is 4.79 Å². The van der Waals surface area contributed by atoms with Crippen LogP contribution in [0, 0.1) is 6.92 Å². The lowest BCUT2D eigenvalue weighted by Crippen LogP contribution is -2.03. The molecule has 0 aliphatic rings. The largest absolute Gasteiger partial charge is 0.481 e. The molecule has 2 aromatic rings. The molecule has 0 saturated heterocycles. The number of benzene rings is 1. The summed E-state index contributed by atoms with van der Waals surface area (Å²) in [5.74, 6) is -0.383. The summed E-state index contributed by atoms with van der Waals surface area (Å²) < 4.78 is 0. The molecule has 0 aliphatic carbocycles. The molecule has 0 radical (unpaired) electrons. The topological polar surface area (TPSA) is 76.0 Å². The maximum absolute atomic E-state index is 10.4.